The number of rotatable bonds is 4. The lowest BCUT2D eigenvalue weighted by molar-refractivity contribution is -0.127. The molecule has 0 bridgehead atoms. The summed E-state index contributed by atoms with van der Waals surface area (Å²) < 4.78 is 0. The molecule has 3 atom stereocenters. The third kappa shape index (κ3) is 4.62. The van der Waals surface area contributed by atoms with Gasteiger partial charge in [0.05, 0.1) is 17.4 Å². The van der Waals surface area contributed by atoms with Gasteiger partial charge in [0, 0.05) is 17.1 Å². The lowest BCUT2D eigenvalue weighted by Crippen LogP contribution is -2.63. The highest BCUT2D eigenvalue weighted by Gasteiger charge is 2.44. The fraction of sp³-hybridized carbons (Fsp3) is 0.529. The lowest BCUT2D eigenvalue weighted by Gasteiger charge is -2.37. The molecule has 4 N–H and O–H groups in total. The predicted molar refractivity (Wildman–Crippen MR) is 105 cm³/mol. The van der Waals surface area contributed by atoms with Gasteiger partial charge in [-0.25, -0.2) is 5.43 Å². The maximum atomic E-state index is 12.4. The molecule has 0 aromatic heterocycles. The van der Waals surface area contributed by atoms with Gasteiger partial charge in [-0.15, -0.1) is 11.8 Å². The summed E-state index contributed by atoms with van der Waals surface area (Å²) in [5.41, 5.74) is 3.59. The van der Waals surface area contributed by atoms with E-state index in [0.29, 0.717) is 11.6 Å². The smallest absolute Gasteiger partial charge is 0.230 e. The van der Waals surface area contributed by atoms with Crippen LogP contribution in [0.2, 0.25) is 5.02 Å². The quantitative estimate of drug-likeness (QED) is 0.612. The summed E-state index contributed by atoms with van der Waals surface area (Å²) in [6.07, 6.45) is -0.187. The number of nitrogens with zero attached hydrogens (tertiary/aromatic N) is 1. The van der Waals surface area contributed by atoms with E-state index >= 15 is 0 Å². The molecule has 0 radical (unpaired) electrons. The minimum Gasteiger partial charge on any atom is -0.351 e. The zero-order valence-corrected chi connectivity index (χ0v) is 16.6. The molecule has 3 unspecified atom stereocenters. The van der Waals surface area contributed by atoms with Crippen LogP contribution >= 0.6 is 23.4 Å². The second-order valence-electron chi connectivity index (χ2n) is 7.42. The maximum Gasteiger partial charge on any atom is 0.230 e. The molecule has 2 saturated heterocycles. The van der Waals surface area contributed by atoms with Gasteiger partial charge >= 0.3 is 0 Å². The number of fused-ring (bicyclic) bond motifs is 1. The van der Waals surface area contributed by atoms with Gasteiger partial charge in [0.1, 0.15) is 11.7 Å². The molecule has 0 aliphatic carbocycles. The third-order valence-electron chi connectivity index (χ3n) is 4.07. The number of amides is 2. The first kappa shape index (κ1) is 19.3. The van der Waals surface area contributed by atoms with Gasteiger partial charge in [0.2, 0.25) is 11.8 Å². The molecule has 2 amide bonds. The Morgan fingerprint density at radius 3 is 2.69 bits per heavy atom. The van der Waals surface area contributed by atoms with Crippen molar-refractivity contribution in [1.82, 2.24) is 21.4 Å². The first-order valence-electron chi connectivity index (χ1n) is 8.50. The van der Waals surface area contributed by atoms with Crippen molar-refractivity contribution in [3.05, 3.63) is 29.3 Å². The van der Waals surface area contributed by atoms with Gasteiger partial charge in [-0.1, -0.05) is 11.6 Å². The molecule has 1 aromatic rings. The fourth-order valence-corrected chi connectivity index (χ4v) is 3.95. The van der Waals surface area contributed by atoms with Gasteiger partial charge in [-0.3, -0.25) is 19.9 Å². The number of nitrogens with one attached hydrogen (secondary N) is 4. The molecule has 9 heteroatoms. The first-order valence-corrected chi connectivity index (χ1v) is 9.93. The molecule has 3 rings (SSSR count). The van der Waals surface area contributed by atoms with Crippen molar-refractivity contribution in [3.8, 4) is 0 Å². The number of hydrogen-bond donors (Lipinski definition) is 4. The van der Waals surface area contributed by atoms with Crippen LogP contribution < -0.4 is 26.4 Å². The Bertz CT molecular complexity index is 679. The van der Waals surface area contributed by atoms with Crippen LogP contribution in [0.15, 0.2) is 24.3 Å². The Labute approximate surface area is 162 Å². The minimum atomic E-state index is -0.329. The zero-order chi connectivity index (χ0) is 18.9. The summed E-state index contributed by atoms with van der Waals surface area (Å²) in [4.78, 5) is 24.5. The van der Waals surface area contributed by atoms with E-state index in [0.717, 1.165) is 5.69 Å². The number of hydrogen-bond acceptors (Lipinski definition) is 6. The average Bonchev–Trinajstić information content (AvgIpc) is 2.97. The summed E-state index contributed by atoms with van der Waals surface area (Å²) in [5.74, 6) is -0.0156. The second-order valence-corrected chi connectivity index (χ2v) is 8.95. The van der Waals surface area contributed by atoms with Gasteiger partial charge in [0.15, 0.2) is 0 Å². The van der Waals surface area contributed by atoms with Crippen LogP contribution in [-0.4, -0.2) is 41.3 Å². The van der Waals surface area contributed by atoms with Crippen molar-refractivity contribution in [2.45, 2.75) is 38.0 Å². The molecular formula is C17H24ClN5O2S. The number of benzene rings is 1. The summed E-state index contributed by atoms with van der Waals surface area (Å²) >= 11 is 7.33. The number of carbonyl (C=O) groups excluding carboxylic acids is 2. The van der Waals surface area contributed by atoms with E-state index in [2.05, 4.69) is 21.4 Å². The van der Waals surface area contributed by atoms with Gasteiger partial charge in [-0.2, -0.15) is 0 Å². The molecule has 142 valence electrons. The summed E-state index contributed by atoms with van der Waals surface area (Å²) in [6, 6.07) is 7.45. The first-order chi connectivity index (χ1) is 12.2. The monoisotopic (exact) mass is 397 g/mol. The summed E-state index contributed by atoms with van der Waals surface area (Å²) in [5, 5.41) is 11.9. The maximum absolute atomic E-state index is 12.4. The second kappa shape index (κ2) is 7.64. The molecule has 2 fully saturated rings. The van der Waals surface area contributed by atoms with E-state index in [-0.39, 0.29) is 40.7 Å². The van der Waals surface area contributed by atoms with E-state index in [1.165, 1.54) is 11.8 Å². The average molecular weight is 398 g/mol. The molecule has 1 aromatic carbocycles. The van der Waals surface area contributed by atoms with E-state index in [9.17, 15) is 9.59 Å². The van der Waals surface area contributed by atoms with Crippen LogP contribution in [0.1, 0.15) is 20.8 Å². The normalized spacial score (nSPS) is 25.6. The molecular weight excluding hydrogens is 374 g/mol. The number of hydrazine groups is 1. The summed E-state index contributed by atoms with van der Waals surface area (Å²) in [7, 11) is 0. The van der Waals surface area contributed by atoms with Crippen LogP contribution in [0.4, 0.5) is 5.69 Å². The van der Waals surface area contributed by atoms with Gasteiger partial charge < -0.3 is 10.6 Å². The van der Waals surface area contributed by atoms with Crippen LogP contribution in [-0.2, 0) is 9.59 Å². The lowest BCUT2D eigenvalue weighted by atomic mass is 10.1. The number of carbonyl (C=O) groups is 2. The molecule has 0 spiro atoms. The van der Waals surface area contributed by atoms with Crippen LogP contribution in [0, 0.1) is 5.92 Å². The van der Waals surface area contributed by atoms with Crippen LogP contribution in [0.3, 0.4) is 0 Å². The number of halogens is 1. The molecule has 2 aliphatic heterocycles. The SMILES string of the molecule is CC(C)(C)NC(=O)CSC1NC(=O)C2CNN(c3ccc(Cl)cc3)C2N1. The van der Waals surface area contributed by atoms with Crippen molar-refractivity contribution in [1.29, 1.82) is 0 Å². The molecule has 7 nitrogen and oxygen atoms in total. The fourth-order valence-electron chi connectivity index (χ4n) is 3.00. The molecule has 2 heterocycles. The van der Waals surface area contributed by atoms with E-state index in [1.54, 1.807) is 0 Å². The standard InChI is InChI=1S/C17H24ClN5O2S/c1-17(2,3)22-13(24)9-26-16-20-14-12(15(25)21-16)8-19-23(14)11-6-4-10(18)5-7-11/h4-7,12,14,16,19-20H,8-9H2,1-3H3,(H,21,25)(H,22,24). The van der Waals surface area contributed by atoms with E-state index < -0.39 is 0 Å². The Morgan fingerprint density at radius 2 is 2.04 bits per heavy atom. The molecule has 0 saturated carbocycles. The predicted octanol–water partition coefficient (Wildman–Crippen LogP) is 1.26. The van der Waals surface area contributed by atoms with Crippen molar-refractivity contribution < 1.29 is 9.59 Å². The van der Waals surface area contributed by atoms with Gasteiger partial charge in [0.25, 0.3) is 0 Å². The Morgan fingerprint density at radius 1 is 1.35 bits per heavy atom. The number of anilines is 1. The number of thioether (sulfide) groups is 1. The Balaban J connectivity index is 1.63. The van der Waals surface area contributed by atoms with E-state index in [4.69, 9.17) is 11.6 Å². The molecule has 2 aliphatic rings. The summed E-state index contributed by atoms with van der Waals surface area (Å²) in [6.45, 7) is 6.37. The highest BCUT2D eigenvalue weighted by Crippen LogP contribution is 2.27. The van der Waals surface area contributed by atoms with Gasteiger partial charge in [-0.05, 0) is 45.0 Å². The van der Waals surface area contributed by atoms with Crippen molar-refractivity contribution in [3.63, 3.8) is 0 Å². The van der Waals surface area contributed by atoms with Crippen LogP contribution in [0.25, 0.3) is 0 Å². The Hall–Kier alpha value is -1.48. The highest BCUT2D eigenvalue weighted by atomic mass is 35.5. The zero-order valence-electron chi connectivity index (χ0n) is 15.0. The van der Waals surface area contributed by atoms with Crippen LogP contribution in [0.5, 0.6) is 0 Å². The van der Waals surface area contributed by atoms with Crippen molar-refractivity contribution in [2.75, 3.05) is 17.3 Å². The highest BCUT2D eigenvalue weighted by molar-refractivity contribution is 8.00. The third-order valence-corrected chi connectivity index (χ3v) is 5.34. The Kier molecular flexibility index (Phi) is 5.67. The van der Waals surface area contributed by atoms with Crippen molar-refractivity contribution >= 4 is 40.9 Å². The van der Waals surface area contributed by atoms with Crippen molar-refractivity contribution in [2.24, 2.45) is 5.92 Å². The largest absolute Gasteiger partial charge is 0.351 e. The topological polar surface area (TPSA) is 85.5 Å². The van der Waals surface area contributed by atoms with E-state index in [1.807, 2.05) is 50.0 Å². The minimum absolute atomic E-state index is 0.0218. The molecule has 26 heavy (non-hydrogen) atoms.